The maximum atomic E-state index is 11.9. The summed E-state index contributed by atoms with van der Waals surface area (Å²) in [7, 11) is 0. The highest BCUT2D eigenvalue weighted by molar-refractivity contribution is 7.99. The number of morpholine rings is 1. The van der Waals surface area contributed by atoms with E-state index in [2.05, 4.69) is 10.2 Å². The summed E-state index contributed by atoms with van der Waals surface area (Å²) in [5.74, 6) is 2.81. The lowest BCUT2D eigenvalue weighted by molar-refractivity contribution is -0.113. The quantitative estimate of drug-likeness (QED) is 0.799. The van der Waals surface area contributed by atoms with Crippen molar-refractivity contribution in [2.45, 2.75) is 0 Å². The minimum absolute atomic E-state index is 0.00541. The molecule has 1 saturated heterocycles. The van der Waals surface area contributed by atoms with Crippen LogP contribution in [0.25, 0.3) is 0 Å². The Morgan fingerprint density at radius 2 is 2.05 bits per heavy atom. The van der Waals surface area contributed by atoms with E-state index in [9.17, 15) is 4.79 Å². The zero-order chi connectivity index (χ0) is 15.2. The van der Waals surface area contributed by atoms with Crippen LogP contribution >= 0.6 is 11.8 Å². The minimum Gasteiger partial charge on any atom is -0.454 e. The molecule has 0 atom stereocenters. The van der Waals surface area contributed by atoms with Crippen molar-refractivity contribution >= 4 is 23.4 Å². The number of ether oxygens (including phenoxy) is 3. The van der Waals surface area contributed by atoms with Gasteiger partial charge >= 0.3 is 0 Å². The Hall–Kier alpha value is -1.44. The molecule has 22 heavy (non-hydrogen) atoms. The highest BCUT2D eigenvalue weighted by Crippen LogP contribution is 2.34. The van der Waals surface area contributed by atoms with E-state index in [-0.39, 0.29) is 12.7 Å². The smallest absolute Gasteiger partial charge is 0.234 e. The Bertz CT molecular complexity index is 520. The summed E-state index contributed by atoms with van der Waals surface area (Å²) in [5, 5.41) is 2.88. The van der Waals surface area contributed by atoms with Crippen LogP contribution < -0.4 is 14.8 Å². The summed E-state index contributed by atoms with van der Waals surface area (Å²) < 4.78 is 15.8. The van der Waals surface area contributed by atoms with E-state index >= 15 is 0 Å². The molecular weight excluding hydrogens is 304 g/mol. The Kier molecular flexibility index (Phi) is 5.42. The predicted octanol–water partition coefficient (Wildman–Crippen LogP) is 1.42. The van der Waals surface area contributed by atoms with Gasteiger partial charge in [0.2, 0.25) is 12.7 Å². The van der Waals surface area contributed by atoms with E-state index < -0.39 is 0 Å². The van der Waals surface area contributed by atoms with E-state index in [0.29, 0.717) is 11.5 Å². The van der Waals surface area contributed by atoms with Crippen molar-refractivity contribution in [3.05, 3.63) is 18.2 Å². The van der Waals surface area contributed by atoms with Gasteiger partial charge in [0.05, 0.1) is 19.0 Å². The number of anilines is 1. The fourth-order valence-corrected chi connectivity index (χ4v) is 3.14. The predicted molar refractivity (Wildman–Crippen MR) is 85.8 cm³/mol. The molecule has 1 amide bonds. The third kappa shape index (κ3) is 4.28. The Morgan fingerprint density at radius 3 is 2.91 bits per heavy atom. The fourth-order valence-electron chi connectivity index (χ4n) is 2.35. The van der Waals surface area contributed by atoms with E-state index in [1.54, 1.807) is 17.8 Å². The van der Waals surface area contributed by atoms with E-state index in [1.807, 2.05) is 12.1 Å². The number of fused-ring (bicyclic) bond motifs is 1. The van der Waals surface area contributed by atoms with Crippen LogP contribution in [0, 0.1) is 0 Å². The van der Waals surface area contributed by atoms with Crippen molar-refractivity contribution in [3.63, 3.8) is 0 Å². The van der Waals surface area contributed by atoms with Crippen molar-refractivity contribution < 1.29 is 19.0 Å². The van der Waals surface area contributed by atoms with Crippen LogP contribution in [-0.4, -0.2) is 62.0 Å². The topological polar surface area (TPSA) is 60.0 Å². The van der Waals surface area contributed by atoms with Crippen LogP contribution in [0.2, 0.25) is 0 Å². The van der Waals surface area contributed by atoms with Gasteiger partial charge in [-0.25, -0.2) is 0 Å². The standard InChI is InChI=1S/C15H20N2O4S/c18-15(10-22-8-5-17-3-6-19-7-4-17)16-12-1-2-13-14(9-12)21-11-20-13/h1-2,9H,3-8,10-11H2,(H,16,18). The summed E-state index contributed by atoms with van der Waals surface area (Å²) in [5.41, 5.74) is 0.739. The van der Waals surface area contributed by atoms with E-state index in [4.69, 9.17) is 14.2 Å². The molecule has 0 aromatic heterocycles. The maximum absolute atomic E-state index is 11.9. The molecule has 1 N–H and O–H groups in total. The van der Waals surface area contributed by atoms with Gasteiger partial charge in [0, 0.05) is 37.1 Å². The second kappa shape index (κ2) is 7.71. The van der Waals surface area contributed by atoms with Crippen LogP contribution in [0.5, 0.6) is 11.5 Å². The molecule has 0 aliphatic carbocycles. The molecule has 0 unspecified atom stereocenters. The molecule has 0 bridgehead atoms. The van der Waals surface area contributed by atoms with Crippen molar-refractivity contribution in [2.24, 2.45) is 0 Å². The number of benzene rings is 1. The number of carbonyl (C=O) groups excluding carboxylic acids is 1. The average Bonchev–Trinajstić information content (AvgIpc) is 3.00. The van der Waals surface area contributed by atoms with Crippen molar-refractivity contribution in [1.82, 2.24) is 4.90 Å². The number of carbonyl (C=O) groups is 1. The summed E-state index contributed by atoms with van der Waals surface area (Å²) in [6, 6.07) is 5.42. The molecule has 2 heterocycles. The number of hydrogen-bond acceptors (Lipinski definition) is 6. The third-order valence-corrected chi connectivity index (χ3v) is 4.48. The molecule has 2 aliphatic rings. The first-order chi connectivity index (χ1) is 10.8. The normalized spacial score (nSPS) is 17.5. The summed E-state index contributed by atoms with van der Waals surface area (Å²) in [4.78, 5) is 14.3. The average molecular weight is 324 g/mol. The van der Waals surface area contributed by atoms with Crippen LogP contribution in [0.4, 0.5) is 5.69 Å². The lowest BCUT2D eigenvalue weighted by Crippen LogP contribution is -2.37. The number of nitrogens with one attached hydrogen (secondary N) is 1. The molecule has 120 valence electrons. The van der Waals surface area contributed by atoms with Gasteiger partial charge in [0.1, 0.15) is 0 Å². The number of rotatable bonds is 6. The number of nitrogens with zero attached hydrogens (tertiary/aromatic N) is 1. The molecule has 7 heteroatoms. The third-order valence-electron chi connectivity index (χ3n) is 3.55. The molecule has 6 nitrogen and oxygen atoms in total. The Morgan fingerprint density at radius 1 is 1.23 bits per heavy atom. The first-order valence-electron chi connectivity index (χ1n) is 7.38. The zero-order valence-corrected chi connectivity index (χ0v) is 13.2. The number of thioether (sulfide) groups is 1. The monoisotopic (exact) mass is 324 g/mol. The van der Waals surface area contributed by atoms with Crippen molar-refractivity contribution in [2.75, 3.05) is 56.5 Å². The molecule has 3 rings (SSSR count). The first-order valence-corrected chi connectivity index (χ1v) is 8.54. The van der Waals surface area contributed by atoms with Crippen LogP contribution in [0.3, 0.4) is 0 Å². The van der Waals surface area contributed by atoms with Crippen LogP contribution in [0.15, 0.2) is 18.2 Å². The lowest BCUT2D eigenvalue weighted by Gasteiger charge is -2.26. The van der Waals surface area contributed by atoms with Crippen molar-refractivity contribution in [1.29, 1.82) is 0 Å². The number of hydrogen-bond donors (Lipinski definition) is 1. The SMILES string of the molecule is O=C(CSCCN1CCOCC1)Nc1ccc2c(c1)OCO2. The van der Waals surface area contributed by atoms with Crippen LogP contribution in [-0.2, 0) is 9.53 Å². The molecular formula is C15H20N2O4S. The second-order valence-electron chi connectivity index (χ2n) is 5.12. The largest absolute Gasteiger partial charge is 0.454 e. The van der Waals surface area contributed by atoms with E-state index in [1.165, 1.54) is 0 Å². The lowest BCUT2D eigenvalue weighted by atomic mass is 10.3. The Labute approximate surface area is 134 Å². The van der Waals surface area contributed by atoms with Crippen LogP contribution in [0.1, 0.15) is 0 Å². The highest BCUT2D eigenvalue weighted by Gasteiger charge is 2.14. The van der Waals surface area contributed by atoms with Gasteiger partial charge in [0.15, 0.2) is 11.5 Å². The second-order valence-corrected chi connectivity index (χ2v) is 6.23. The molecule has 1 aromatic rings. The molecule has 0 saturated carbocycles. The number of amides is 1. The van der Waals surface area contributed by atoms with Gasteiger partial charge in [-0.05, 0) is 12.1 Å². The minimum atomic E-state index is 0.00541. The molecule has 1 aromatic carbocycles. The fraction of sp³-hybridized carbons (Fsp3) is 0.533. The molecule has 2 aliphatic heterocycles. The Balaban J connectivity index is 1.35. The molecule has 1 fully saturated rings. The summed E-state index contributed by atoms with van der Waals surface area (Å²) >= 11 is 1.65. The van der Waals surface area contributed by atoms with E-state index in [0.717, 1.165) is 50.0 Å². The van der Waals surface area contributed by atoms with Gasteiger partial charge < -0.3 is 19.5 Å². The maximum Gasteiger partial charge on any atom is 0.234 e. The first kappa shape index (κ1) is 15.5. The summed E-state index contributed by atoms with van der Waals surface area (Å²) in [6.45, 7) is 4.86. The van der Waals surface area contributed by atoms with Gasteiger partial charge in [0.25, 0.3) is 0 Å². The molecule has 0 radical (unpaired) electrons. The van der Waals surface area contributed by atoms with Gasteiger partial charge in [-0.2, -0.15) is 11.8 Å². The van der Waals surface area contributed by atoms with Gasteiger partial charge in [-0.15, -0.1) is 0 Å². The highest BCUT2D eigenvalue weighted by atomic mass is 32.2. The van der Waals surface area contributed by atoms with Crippen molar-refractivity contribution in [3.8, 4) is 11.5 Å². The molecule has 0 spiro atoms. The summed E-state index contributed by atoms with van der Waals surface area (Å²) in [6.07, 6.45) is 0. The van der Waals surface area contributed by atoms with Gasteiger partial charge in [-0.3, -0.25) is 9.69 Å². The zero-order valence-electron chi connectivity index (χ0n) is 12.4. The van der Waals surface area contributed by atoms with Gasteiger partial charge in [-0.1, -0.05) is 0 Å².